The van der Waals surface area contributed by atoms with Gasteiger partial charge in [0.15, 0.2) is 0 Å². The fraction of sp³-hybridized carbons (Fsp3) is 0.0909. The minimum absolute atomic E-state index is 0.224. The van der Waals surface area contributed by atoms with Crippen molar-refractivity contribution in [3.63, 3.8) is 0 Å². The third kappa shape index (κ3) is 2.72. The highest BCUT2D eigenvalue weighted by Gasteiger charge is 2.12. The van der Waals surface area contributed by atoms with E-state index >= 15 is 0 Å². The average Bonchev–Trinajstić information content (AvgIpc) is 2.65. The molecule has 0 aromatic heterocycles. The standard InChI is InChI=1S/C22H18O2/c23-21(16-8-2-1-3-9-16)15-24-22-19-12-6-4-10-17(19)14-18-11-5-7-13-20(18)22/h1-14,21,23H,15H2. The van der Waals surface area contributed by atoms with Crippen LogP contribution in [0.15, 0.2) is 84.9 Å². The highest BCUT2D eigenvalue weighted by Crippen LogP contribution is 2.35. The average molecular weight is 314 g/mol. The van der Waals surface area contributed by atoms with Crippen molar-refractivity contribution in [2.45, 2.75) is 6.10 Å². The zero-order chi connectivity index (χ0) is 16.4. The van der Waals surface area contributed by atoms with Gasteiger partial charge in [-0.25, -0.2) is 0 Å². The summed E-state index contributed by atoms with van der Waals surface area (Å²) >= 11 is 0. The van der Waals surface area contributed by atoms with Crippen LogP contribution < -0.4 is 4.74 Å². The molecule has 4 aromatic carbocycles. The second kappa shape index (κ2) is 6.34. The lowest BCUT2D eigenvalue weighted by Gasteiger charge is -2.16. The van der Waals surface area contributed by atoms with E-state index in [1.807, 2.05) is 54.6 Å². The Kier molecular flexibility index (Phi) is 3.89. The summed E-state index contributed by atoms with van der Waals surface area (Å²) < 4.78 is 6.10. The van der Waals surface area contributed by atoms with E-state index in [2.05, 4.69) is 30.3 Å². The van der Waals surface area contributed by atoms with Crippen molar-refractivity contribution >= 4 is 21.5 Å². The lowest BCUT2D eigenvalue weighted by atomic mass is 10.0. The summed E-state index contributed by atoms with van der Waals surface area (Å²) in [5.74, 6) is 0.832. The number of rotatable bonds is 4. The van der Waals surface area contributed by atoms with Crippen LogP contribution in [0.25, 0.3) is 21.5 Å². The highest BCUT2D eigenvalue weighted by atomic mass is 16.5. The molecule has 0 amide bonds. The number of fused-ring (bicyclic) bond motifs is 2. The van der Waals surface area contributed by atoms with Gasteiger partial charge in [0.25, 0.3) is 0 Å². The zero-order valence-corrected chi connectivity index (χ0v) is 13.2. The lowest BCUT2D eigenvalue weighted by molar-refractivity contribution is 0.110. The van der Waals surface area contributed by atoms with Gasteiger partial charge < -0.3 is 9.84 Å². The number of aliphatic hydroxyl groups is 1. The van der Waals surface area contributed by atoms with Gasteiger partial charge in [-0.3, -0.25) is 0 Å². The first-order valence-electron chi connectivity index (χ1n) is 8.09. The van der Waals surface area contributed by atoms with E-state index in [1.54, 1.807) is 0 Å². The van der Waals surface area contributed by atoms with Crippen LogP contribution in [0.1, 0.15) is 11.7 Å². The van der Waals surface area contributed by atoms with E-state index in [9.17, 15) is 5.11 Å². The molecule has 0 bridgehead atoms. The number of hydrogen-bond donors (Lipinski definition) is 1. The van der Waals surface area contributed by atoms with Gasteiger partial charge >= 0.3 is 0 Å². The van der Waals surface area contributed by atoms with E-state index in [-0.39, 0.29) is 6.61 Å². The van der Waals surface area contributed by atoms with Crippen LogP contribution in [0, 0.1) is 0 Å². The molecule has 0 saturated carbocycles. The molecule has 2 nitrogen and oxygen atoms in total. The first-order chi connectivity index (χ1) is 11.8. The third-order valence-corrected chi connectivity index (χ3v) is 4.29. The van der Waals surface area contributed by atoms with E-state index in [0.29, 0.717) is 0 Å². The zero-order valence-electron chi connectivity index (χ0n) is 13.2. The quantitative estimate of drug-likeness (QED) is 0.531. The topological polar surface area (TPSA) is 29.5 Å². The fourth-order valence-electron chi connectivity index (χ4n) is 3.06. The molecule has 0 aliphatic rings. The maximum absolute atomic E-state index is 10.4. The second-order valence-electron chi connectivity index (χ2n) is 5.89. The Hall–Kier alpha value is -2.84. The molecule has 0 heterocycles. The molecule has 2 heteroatoms. The predicted octanol–water partition coefficient (Wildman–Crippen LogP) is 5.11. The Morgan fingerprint density at radius 2 is 1.25 bits per heavy atom. The Labute approximate surface area is 140 Å². The molecular weight excluding hydrogens is 296 g/mol. The summed E-state index contributed by atoms with van der Waals surface area (Å²) in [5, 5.41) is 14.8. The van der Waals surface area contributed by atoms with Crippen molar-refractivity contribution in [2.75, 3.05) is 6.61 Å². The largest absolute Gasteiger partial charge is 0.489 e. The molecule has 24 heavy (non-hydrogen) atoms. The molecule has 1 N–H and O–H groups in total. The van der Waals surface area contributed by atoms with Crippen molar-refractivity contribution in [3.8, 4) is 5.75 Å². The molecule has 118 valence electrons. The Balaban J connectivity index is 1.74. The predicted molar refractivity (Wildman–Crippen MR) is 98.4 cm³/mol. The molecule has 0 radical (unpaired) electrons. The molecule has 4 rings (SSSR count). The Morgan fingerprint density at radius 3 is 1.88 bits per heavy atom. The fourth-order valence-corrected chi connectivity index (χ4v) is 3.06. The smallest absolute Gasteiger partial charge is 0.135 e. The van der Waals surface area contributed by atoms with Gasteiger partial charge in [-0.05, 0) is 22.4 Å². The van der Waals surface area contributed by atoms with Gasteiger partial charge in [-0.15, -0.1) is 0 Å². The van der Waals surface area contributed by atoms with Crippen LogP contribution in [0.2, 0.25) is 0 Å². The Bertz CT molecular complexity index is 923. The molecule has 0 aliphatic heterocycles. The van der Waals surface area contributed by atoms with Crippen molar-refractivity contribution in [1.82, 2.24) is 0 Å². The number of hydrogen-bond acceptors (Lipinski definition) is 2. The molecule has 0 saturated heterocycles. The summed E-state index contributed by atoms with van der Waals surface area (Å²) in [5.41, 5.74) is 0.863. The van der Waals surface area contributed by atoms with Gasteiger partial charge in [0.05, 0.1) is 0 Å². The molecule has 0 aliphatic carbocycles. The summed E-state index contributed by atoms with van der Waals surface area (Å²) in [7, 11) is 0. The monoisotopic (exact) mass is 314 g/mol. The summed E-state index contributed by atoms with van der Waals surface area (Å²) in [6, 6.07) is 28.2. The molecule has 0 fully saturated rings. The van der Waals surface area contributed by atoms with Crippen LogP contribution in [-0.2, 0) is 0 Å². The molecule has 1 atom stereocenters. The van der Waals surface area contributed by atoms with Crippen molar-refractivity contribution in [2.24, 2.45) is 0 Å². The van der Waals surface area contributed by atoms with Crippen LogP contribution in [0.4, 0.5) is 0 Å². The van der Waals surface area contributed by atoms with E-state index in [1.165, 1.54) is 0 Å². The van der Waals surface area contributed by atoms with Gasteiger partial charge in [-0.2, -0.15) is 0 Å². The van der Waals surface area contributed by atoms with Crippen LogP contribution >= 0.6 is 0 Å². The normalized spacial score (nSPS) is 12.4. The van der Waals surface area contributed by atoms with Crippen LogP contribution in [0.5, 0.6) is 5.75 Å². The Morgan fingerprint density at radius 1 is 0.708 bits per heavy atom. The van der Waals surface area contributed by atoms with Gasteiger partial charge in [0.1, 0.15) is 18.5 Å². The first kappa shape index (κ1) is 14.7. The SMILES string of the molecule is OC(COc1c2ccccc2cc2ccccc12)c1ccccc1. The second-order valence-corrected chi connectivity index (χ2v) is 5.89. The molecular formula is C22H18O2. The maximum atomic E-state index is 10.4. The summed E-state index contributed by atoms with van der Waals surface area (Å²) in [6.07, 6.45) is -0.649. The van der Waals surface area contributed by atoms with Crippen LogP contribution in [-0.4, -0.2) is 11.7 Å². The number of ether oxygens (including phenoxy) is 1. The maximum Gasteiger partial charge on any atom is 0.135 e. The van der Waals surface area contributed by atoms with Crippen molar-refractivity contribution < 1.29 is 9.84 Å². The number of benzene rings is 4. The van der Waals surface area contributed by atoms with Crippen molar-refractivity contribution in [1.29, 1.82) is 0 Å². The van der Waals surface area contributed by atoms with Gasteiger partial charge in [-0.1, -0.05) is 78.9 Å². The summed E-state index contributed by atoms with van der Waals surface area (Å²) in [6.45, 7) is 0.224. The molecule has 4 aromatic rings. The third-order valence-electron chi connectivity index (χ3n) is 4.29. The van der Waals surface area contributed by atoms with Gasteiger partial charge in [0, 0.05) is 10.8 Å². The minimum Gasteiger partial charge on any atom is -0.489 e. The lowest BCUT2D eigenvalue weighted by Crippen LogP contribution is -2.10. The number of aliphatic hydroxyl groups excluding tert-OH is 1. The molecule has 0 spiro atoms. The van der Waals surface area contributed by atoms with Crippen LogP contribution in [0.3, 0.4) is 0 Å². The highest BCUT2D eigenvalue weighted by molar-refractivity contribution is 6.05. The molecule has 1 unspecified atom stereocenters. The minimum atomic E-state index is -0.649. The van der Waals surface area contributed by atoms with E-state index in [4.69, 9.17) is 4.74 Å². The summed E-state index contributed by atoms with van der Waals surface area (Å²) in [4.78, 5) is 0. The van der Waals surface area contributed by atoms with E-state index < -0.39 is 6.10 Å². The van der Waals surface area contributed by atoms with Crippen molar-refractivity contribution in [3.05, 3.63) is 90.5 Å². The van der Waals surface area contributed by atoms with Gasteiger partial charge in [0.2, 0.25) is 0 Å². The first-order valence-corrected chi connectivity index (χ1v) is 8.09. The van der Waals surface area contributed by atoms with E-state index in [0.717, 1.165) is 32.9 Å².